The molecule has 2 saturated heterocycles. The van der Waals surface area contributed by atoms with Crippen LogP contribution in [0.4, 0.5) is 15.3 Å². The van der Waals surface area contributed by atoms with Crippen molar-refractivity contribution < 1.29 is 28.7 Å². The number of nitrogens with one attached hydrogen (secondary N) is 3. The van der Waals surface area contributed by atoms with Gasteiger partial charge >= 0.3 is 12.2 Å². The minimum absolute atomic E-state index is 0.0878. The van der Waals surface area contributed by atoms with Gasteiger partial charge in [-0.2, -0.15) is 0 Å². The normalized spacial score (nSPS) is 18.5. The summed E-state index contributed by atoms with van der Waals surface area (Å²) in [7, 11) is 2.60. The number of alkyl carbamates (subject to hydrolysis) is 2. The van der Waals surface area contributed by atoms with E-state index in [2.05, 4.69) is 82.3 Å². The molecular weight excluding hydrogens is 759 g/mol. The van der Waals surface area contributed by atoms with Gasteiger partial charge in [0.1, 0.15) is 17.9 Å². The maximum atomic E-state index is 13.7. The van der Waals surface area contributed by atoms with Crippen LogP contribution in [-0.2, 0) is 25.5 Å². The number of fused-ring (bicyclic) bond motifs is 3. The van der Waals surface area contributed by atoms with Crippen LogP contribution in [0.2, 0.25) is 0 Å². The molecular formula is C47H53N7O6. The van der Waals surface area contributed by atoms with Gasteiger partial charge in [0.2, 0.25) is 11.8 Å². The first kappa shape index (κ1) is 40.5. The Morgan fingerprint density at radius 2 is 1.20 bits per heavy atom. The molecule has 3 aliphatic rings. The molecule has 1 aromatic heterocycles. The smallest absolute Gasteiger partial charge is 0.407 e. The topological polar surface area (TPSA) is 158 Å². The highest BCUT2D eigenvalue weighted by atomic mass is 16.5. The van der Waals surface area contributed by atoms with Crippen molar-refractivity contribution in [2.24, 2.45) is 16.8 Å². The van der Waals surface area contributed by atoms with Crippen molar-refractivity contribution in [1.82, 2.24) is 30.4 Å². The molecule has 0 radical (unpaired) electrons. The Hall–Kier alpha value is -6.24. The standard InChI is InChI=1S/C47H53N7O6/c1-26(2)41(51-46(57)59-5)44(55)53-19-7-9-39(53)38-25-34-23-32(15-17-35(34)48-38)30-12-11-29-22-31(14-13-28(29)21-30)33-16-18-36-37(24-33)50-43(49-36)40-10-8-20-54(40)45(56)42(27(3)4)52-47(58)60-6/h11-18,21-24,26-27,39-42H,7-10,19-20,25H2,1-6H3,(H,49,50)(H,51,57)(H,52,58)/t39-,40-,41-,42-/m0/s1. The Morgan fingerprint density at radius 3 is 1.78 bits per heavy atom. The summed E-state index contributed by atoms with van der Waals surface area (Å²) >= 11 is 0. The first-order valence-corrected chi connectivity index (χ1v) is 21.0. The van der Waals surface area contributed by atoms with Gasteiger partial charge in [-0.25, -0.2) is 14.6 Å². The molecule has 2 fully saturated rings. The molecule has 8 rings (SSSR count). The molecule has 4 amide bonds. The molecule has 0 spiro atoms. The predicted octanol–water partition coefficient (Wildman–Crippen LogP) is 8.09. The fourth-order valence-corrected chi connectivity index (χ4v) is 9.02. The van der Waals surface area contributed by atoms with Crippen LogP contribution in [0, 0.1) is 11.8 Å². The van der Waals surface area contributed by atoms with Crippen LogP contribution in [0.1, 0.15) is 70.8 Å². The number of aliphatic imine (C=N–C) groups is 1. The van der Waals surface area contributed by atoms with E-state index in [-0.39, 0.29) is 35.7 Å². The number of benzene rings is 4. The number of carbonyl (C=O) groups excluding carboxylic acids is 4. The maximum Gasteiger partial charge on any atom is 0.407 e. The van der Waals surface area contributed by atoms with Crippen LogP contribution in [0.3, 0.4) is 0 Å². The molecule has 60 heavy (non-hydrogen) atoms. The molecule has 13 heteroatoms. The number of aromatic amines is 1. The average Bonchev–Trinajstić information content (AvgIpc) is 4.08. The van der Waals surface area contributed by atoms with Crippen molar-refractivity contribution in [3.05, 3.63) is 84.2 Å². The largest absolute Gasteiger partial charge is 0.453 e. The first-order valence-electron chi connectivity index (χ1n) is 21.0. The van der Waals surface area contributed by atoms with Gasteiger partial charge in [0, 0.05) is 25.2 Å². The third-order valence-electron chi connectivity index (χ3n) is 12.3. The monoisotopic (exact) mass is 811 g/mol. The highest BCUT2D eigenvalue weighted by Crippen LogP contribution is 2.37. The molecule has 0 bridgehead atoms. The second kappa shape index (κ2) is 16.8. The molecule has 3 aliphatic heterocycles. The zero-order valence-electron chi connectivity index (χ0n) is 35.1. The van der Waals surface area contributed by atoms with E-state index in [0.29, 0.717) is 19.5 Å². The van der Waals surface area contributed by atoms with Crippen molar-refractivity contribution in [3.8, 4) is 22.3 Å². The second-order valence-electron chi connectivity index (χ2n) is 16.8. The van der Waals surface area contributed by atoms with Gasteiger partial charge in [-0.15, -0.1) is 0 Å². The summed E-state index contributed by atoms with van der Waals surface area (Å²) in [6.45, 7) is 8.90. The van der Waals surface area contributed by atoms with Gasteiger partial charge in [-0.1, -0.05) is 64.1 Å². The van der Waals surface area contributed by atoms with Crippen molar-refractivity contribution in [3.63, 3.8) is 0 Å². The van der Waals surface area contributed by atoms with Crippen molar-refractivity contribution in [1.29, 1.82) is 0 Å². The highest BCUT2D eigenvalue weighted by Gasteiger charge is 2.40. The van der Waals surface area contributed by atoms with Gasteiger partial charge in [0.25, 0.3) is 0 Å². The first-order chi connectivity index (χ1) is 28.9. The van der Waals surface area contributed by atoms with E-state index in [1.165, 1.54) is 14.2 Å². The number of hydrogen-bond acceptors (Lipinski definition) is 8. The Morgan fingerprint density at radius 1 is 0.683 bits per heavy atom. The van der Waals surface area contributed by atoms with Crippen molar-refractivity contribution in [2.75, 3.05) is 27.3 Å². The average molecular weight is 812 g/mol. The molecule has 0 saturated carbocycles. The van der Waals surface area contributed by atoms with Crippen LogP contribution < -0.4 is 10.6 Å². The van der Waals surface area contributed by atoms with Gasteiger partial charge < -0.3 is 34.9 Å². The summed E-state index contributed by atoms with van der Waals surface area (Å²) in [5.41, 5.74) is 9.18. The van der Waals surface area contributed by atoms with Crippen LogP contribution in [-0.4, -0.2) is 94.9 Å². The molecule has 0 unspecified atom stereocenters. The fraction of sp³-hybridized carbons (Fsp3) is 0.404. The Labute approximate surface area is 349 Å². The summed E-state index contributed by atoms with van der Waals surface area (Å²) < 4.78 is 9.58. The third kappa shape index (κ3) is 7.92. The van der Waals surface area contributed by atoms with Gasteiger partial charge in [0.05, 0.1) is 43.0 Å². The van der Waals surface area contributed by atoms with E-state index in [4.69, 9.17) is 19.5 Å². The Bertz CT molecular complexity index is 2510. The number of nitrogens with zero attached hydrogens (tertiary/aromatic N) is 4. The van der Waals surface area contributed by atoms with E-state index in [1.807, 2.05) is 43.6 Å². The lowest BCUT2D eigenvalue weighted by atomic mass is 9.95. The molecule has 3 N–H and O–H groups in total. The number of amides is 4. The number of likely N-dealkylation sites (tertiary alicyclic amines) is 2. The lowest BCUT2D eigenvalue weighted by Gasteiger charge is -2.30. The zero-order chi connectivity index (χ0) is 42.2. The van der Waals surface area contributed by atoms with E-state index in [0.717, 1.165) is 92.5 Å². The molecule has 13 nitrogen and oxygen atoms in total. The number of H-pyrrole nitrogens is 1. The SMILES string of the molecule is COC(=O)N[C@H](C(=O)N1CCC[C@H]1C1=Nc2ccc(-c3ccc4cc(-c5ccc6nc([C@@H]7CCCN7C(=O)[C@@H](NC(=O)OC)C(C)C)[nH]c6c5)ccc4c3)cc2C1)C(C)C. The molecule has 4 aromatic carbocycles. The van der Waals surface area contributed by atoms with Crippen LogP contribution in [0.25, 0.3) is 44.1 Å². The lowest BCUT2D eigenvalue weighted by molar-refractivity contribution is -0.135. The number of hydrogen-bond donors (Lipinski definition) is 3. The molecule has 312 valence electrons. The number of imidazole rings is 1. The lowest BCUT2D eigenvalue weighted by Crippen LogP contribution is -2.53. The number of carbonyl (C=O) groups is 4. The molecule has 4 atom stereocenters. The third-order valence-corrected chi connectivity index (χ3v) is 12.3. The number of rotatable bonds is 10. The minimum atomic E-state index is -0.689. The quantitative estimate of drug-likeness (QED) is 0.129. The molecule has 0 aliphatic carbocycles. The second-order valence-corrected chi connectivity index (χ2v) is 16.8. The van der Waals surface area contributed by atoms with Gasteiger partial charge in [-0.05, 0) is 113 Å². The van der Waals surface area contributed by atoms with Crippen molar-refractivity contribution >= 4 is 57.2 Å². The highest BCUT2D eigenvalue weighted by molar-refractivity contribution is 6.01. The van der Waals surface area contributed by atoms with E-state index in [1.54, 1.807) is 0 Å². The minimum Gasteiger partial charge on any atom is -0.453 e. The Balaban J connectivity index is 0.965. The number of methoxy groups -OCH3 is 2. The van der Waals surface area contributed by atoms with Gasteiger partial charge in [-0.3, -0.25) is 14.6 Å². The predicted molar refractivity (Wildman–Crippen MR) is 232 cm³/mol. The fourth-order valence-electron chi connectivity index (χ4n) is 9.02. The number of ether oxygens (including phenoxy) is 2. The number of aromatic nitrogens is 2. The van der Waals surface area contributed by atoms with Crippen LogP contribution in [0.5, 0.6) is 0 Å². The molecule has 4 heterocycles. The Kier molecular flexibility index (Phi) is 11.3. The van der Waals surface area contributed by atoms with Gasteiger partial charge in [0.15, 0.2) is 0 Å². The van der Waals surface area contributed by atoms with Crippen molar-refractivity contribution in [2.45, 2.75) is 84.0 Å². The van der Waals surface area contributed by atoms with Crippen LogP contribution >= 0.6 is 0 Å². The van der Waals surface area contributed by atoms with E-state index >= 15 is 0 Å². The maximum absolute atomic E-state index is 13.7. The van der Waals surface area contributed by atoms with E-state index < -0.39 is 24.3 Å². The summed E-state index contributed by atoms with van der Waals surface area (Å²) in [5.74, 6) is 0.322. The van der Waals surface area contributed by atoms with Crippen LogP contribution in [0.15, 0.2) is 77.8 Å². The zero-order valence-corrected chi connectivity index (χ0v) is 35.1. The summed E-state index contributed by atoms with van der Waals surface area (Å²) in [6, 6.07) is 24.0. The van der Waals surface area contributed by atoms with E-state index in [9.17, 15) is 19.2 Å². The molecule has 5 aromatic rings. The summed E-state index contributed by atoms with van der Waals surface area (Å²) in [4.78, 5) is 68.6. The summed E-state index contributed by atoms with van der Waals surface area (Å²) in [6.07, 6.45) is 2.82. The summed E-state index contributed by atoms with van der Waals surface area (Å²) in [5, 5.41) is 7.71.